The number of allylic oxidation sites excluding steroid dienone is 1. The smallest absolute Gasteiger partial charge is 0.118 e. The molecule has 4 heteroatoms. The van der Waals surface area contributed by atoms with E-state index >= 15 is 0 Å². The highest BCUT2D eigenvalue weighted by Crippen LogP contribution is 2.27. The molecule has 0 aliphatic rings. The Labute approximate surface area is 203 Å². The van der Waals surface area contributed by atoms with Crippen LogP contribution in [0.15, 0.2) is 34.8 Å². The lowest BCUT2D eigenvalue weighted by Crippen LogP contribution is -2.03. The Kier molecular flexibility index (Phi) is 12.7. The number of rotatable bonds is 15. The highest BCUT2D eigenvalue weighted by atomic mass is 79.9. The fourth-order valence-corrected chi connectivity index (χ4v) is 4.33. The van der Waals surface area contributed by atoms with Crippen molar-refractivity contribution in [3.05, 3.63) is 62.9 Å². The van der Waals surface area contributed by atoms with Crippen molar-refractivity contribution in [3.63, 3.8) is 0 Å². The number of methoxy groups -OCH3 is 1. The molecule has 0 unspecified atom stereocenters. The third kappa shape index (κ3) is 9.07. The molecule has 1 heterocycles. The highest BCUT2D eigenvalue weighted by Gasteiger charge is 2.11. The highest BCUT2D eigenvalue weighted by molar-refractivity contribution is 9.10. The van der Waals surface area contributed by atoms with E-state index in [0.717, 1.165) is 53.0 Å². The van der Waals surface area contributed by atoms with Gasteiger partial charge < -0.3 is 9.47 Å². The number of unbranched alkanes of at least 4 members (excludes halogenated alkanes) is 6. The van der Waals surface area contributed by atoms with Crippen LogP contribution in [0.3, 0.4) is 0 Å². The number of halogens is 1. The maximum Gasteiger partial charge on any atom is 0.118 e. The van der Waals surface area contributed by atoms with Gasteiger partial charge in [-0.1, -0.05) is 63.3 Å². The quantitative estimate of drug-likeness (QED) is 0.229. The Morgan fingerprint density at radius 1 is 0.969 bits per heavy atom. The molecule has 0 fully saturated rings. The van der Waals surface area contributed by atoms with Gasteiger partial charge in [0.05, 0.1) is 19.4 Å². The van der Waals surface area contributed by atoms with E-state index in [1.807, 2.05) is 24.3 Å². The lowest BCUT2D eigenvalue weighted by Gasteiger charge is -2.13. The number of hydrogen-bond acceptors (Lipinski definition) is 3. The largest absolute Gasteiger partial charge is 0.497 e. The summed E-state index contributed by atoms with van der Waals surface area (Å²) in [5.41, 5.74) is 5.93. The number of pyridine rings is 1. The van der Waals surface area contributed by atoms with E-state index < -0.39 is 0 Å². The monoisotopic (exact) mass is 501 g/mol. The van der Waals surface area contributed by atoms with Crippen molar-refractivity contribution in [2.75, 3.05) is 13.7 Å². The fourth-order valence-electron chi connectivity index (χ4n) is 3.83. The first-order valence-corrected chi connectivity index (χ1v) is 12.9. The Balaban J connectivity index is 1.77. The van der Waals surface area contributed by atoms with Gasteiger partial charge in [0, 0.05) is 16.8 Å². The number of aryl methyl sites for hydroxylation is 2. The lowest BCUT2D eigenvalue weighted by atomic mass is 10.0. The summed E-state index contributed by atoms with van der Waals surface area (Å²) in [6.45, 7) is 7.92. The molecule has 32 heavy (non-hydrogen) atoms. The second-order valence-corrected chi connectivity index (χ2v) is 9.25. The van der Waals surface area contributed by atoms with Gasteiger partial charge in [-0.2, -0.15) is 0 Å². The summed E-state index contributed by atoms with van der Waals surface area (Å²) < 4.78 is 12.2. The minimum Gasteiger partial charge on any atom is -0.497 e. The van der Waals surface area contributed by atoms with Crippen LogP contribution in [0.4, 0.5) is 0 Å². The van der Waals surface area contributed by atoms with Gasteiger partial charge in [-0.3, -0.25) is 4.98 Å². The normalized spacial score (nSPS) is 11.4. The van der Waals surface area contributed by atoms with E-state index in [4.69, 9.17) is 14.5 Å². The van der Waals surface area contributed by atoms with Crippen molar-refractivity contribution in [1.29, 1.82) is 0 Å². The molecule has 1 aromatic carbocycles. The summed E-state index contributed by atoms with van der Waals surface area (Å²) in [5, 5.41) is 0. The fraction of sp³-hybridized carbons (Fsp3) is 0.536. The van der Waals surface area contributed by atoms with Crippen molar-refractivity contribution < 1.29 is 9.47 Å². The van der Waals surface area contributed by atoms with Crippen molar-refractivity contribution in [2.45, 2.75) is 85.2 Å². The van der Waals surface area contributed by atoms with E-state index in [-0.39, 0.29) is 0 Å². The van der Waals surface area contributed by atoms with Crippen LogP contribution in [-0.2, 0) is 17.8 Å². The summed E-state index contributed by atoms with van der Waals surface area (Å²) in [4.78, 5) is 4.89. The van der Waals surface area contributed by atoms with Crippen LogP contribution >= 0.6 is 15.9 Å². The average molecular weight is 503 g/mol. The summed E-state index contributed by atoms with van der Waals surface area (Å²) in [6.07, 6.45) is 15.6. The first-order valence-electron chi connectivity index (χ1n) is 12.1. The molecule has 0 aliphatic heterocycles. The molecule has 0 radical (unpaired) electrons. The second-order valence-electron chi connectivity index (χ2n) is 8.46. The molecular formula is C28H40BrNO2. The maximum atomic E-state index is 5.85. The summed E-state index contributed by atoms with van der Waals surface area (Å²) in [5.74, 6) is 0.871. The Hall–Kier alpha value is -1.65. The molecule has 0 amide bonds. The Morgan fingerprint density at radius 2 is 1.69 bits per heavy atom. The molecule has 0 saturated heterocycles. The molecule has 3 nitrogen and oxygen atoms in total. The number of aromatic nitrogens is 1. The van der Waals surface area contributed by atoms with E-state index in [0.29, 0.717) is 6.61 Å². The van der Waals surface area contributed by atoms with Gasteiger partial charge in [0.15, 0.2) is 0 Å². The van der Waals surface area contributed by atoms with Crippen LogP contribution in [0.5, 0.6) is 5.75 Å². The van der Waals surface area contributed by atoms with Crippen LogP contribution in [0.2, 0.25) is 0 Å². The third-order valence-corrected chi connectivity index (χ3v) is 6.87. The van der Waals surface area contributed by atoms with Crippen molar-refractivity contribution in [3.8, 4) is 5.75 Å². The molecule has 0 N–H and O–H groups in total. The SMILES string of the molecule is CCCCCCCC/C=C/c1c(C)nc(CCCOCc2ccc(OC)cc2)c(Br)c1C. The summed E-state index contributed by atoms with van der Waals surface area (Å²) in [7, 11) is 1.68. The molecule has 0 atom stereocenters. The number of hydrogen-bond donors (Lipinski definition) is 0. The standard InChI is InChI=1S/C28H40BrNO2/c1-5-6-7-8-9-10-11-12-14-26-22(2)28(29)27(30-23(26)3)15-13-20-32-21-24-16-18-25(31-4)19-17-24/h12,14,16-19H,5-11,13,15,20-21H2,1-4H3/b14-12+. The van der Waals surface area contributed by atoms with Gasteiger partial charge in [0.1, 0.15) is 5.75 Å². The van der Waals surface area contributed by atoms with Gasteiger partial charge >= 0.3 is 0 Å². The third-order valence-electron chi connectivity index (χ3n) is 5.82. The zero-order chi connectivity index (χ0) is 23.2. The lowest BCUT2D eigenvalue weighted by molar-refractivity contribution is 0.118. The average Bonchev–Trinajstić information content (AvgIpc) is 2.80. The minimum atomic E-state index is 0.624. The number of ether oxygens (including phenoxy) is 2. The van der Waals surface area contributed by atoms with Gasteiger partial charge in [-0.15, -0.1) is 0 Å². The predicted molar refractivity (Wildman–Crippen MR) is 139 cm³/mol. The number of benzene rings is 1. The topological polar surface area (TPSA) is 31.4 Å². The molecular weight excluding hydrogens is 462 g/mol. The van der Waals surface area contributed by atoms with Crippen molar-refractivity contribution in [2.24, 2.45) is 0 Å². The molecule has 0 aliphatic carbocycles. The van der Waals surface area contributed by atoms with Crippen LogP contribution in [-0.4, -0.2) is 18.7 Å². The van der Waals surface area contributed by atoms with Crippen LogP contribution in [0, 0.1) is 13.8 Å². The van der Waals surface area contributed by atoms with E-state index in [1.165, 1.54) is 49.7 Å². The van der Waals surface area contributed by atoms with Gasteiger partial charge in [-0.25, -0.2) is 0 Å². The molecule has 176 valence electrons. The summed E-state index contributed by atoms with van der Waals surface area (Å²) >= 11 is 3.79. The van der Waals surface area contributed by atoms with Crippen LogP contribution in [0.1, 0.15) is 86.4 Å². The molecule has 1 aromatic heterocycles. The molecule has 0 saturated carbocycles. The van der Waals surface area contributed by atoms with Crippen molar-refractivity contribution in [1.82, 2.24) is 4.98 Å². The van der Waals surface area contributed by atoms with E-state index in [2.05, 4.69) is 48.9 Å². The second kappa shape index (κ2) is 15.2. The Morgan fingerprint density at radius 3 is 2.41 bits per heavy atom. The van der Waals surface area contributed by atoms with Crippen molar-refractivity contribution >= 4 is 22.0 Å². The summed E-state index contributed by atoms with van der Waals surface area (Å²) in [6, 6.07) is 8.02. The predicted octanol–water partition coefficient (Wildman–Crippen LogP) is 8.38. The minimum absolute atomic E-state index is 0.624. The van der Waals surface area contributed by atoms with E-state index in [9.17, 15) is 0 Å². The number of nitrogens with zero attached hydrogens (tertiary/aromatic N) is 1. The first kappa shape index (κ1) is 26.6. The van der Waals surface area contributed by atoms with Crippen LogP contribution < -0.4 is 4.74 Å². The van der Waals surface area contributed by atoms with Crippen LogP contribution in [0.25, 0.3) is 6.08 Å². The molecule has 0 spiro atoms. The first-order chi connectivity index (χ1) is 15.6. The van der Waals surface area contributed by atoms with E-state index in [1.54, 1.807) is 7.11 Å². The van der Waals surface area contributed by atoms with Gasteiger partial charge in [0.25, 0.3) is 0 Å². The maximum absolute atomic E-state index is 5.85. The molecule has 2 rings (SSSR count). The molecule has 2 aromatic rings. The van der Waals surface area contributed by atoms with Gasteiger partial charge in [-0.05, 0) is 84.3 Å². The Bertz CT molecular complexity index is 830. The zero-order valence-electron chi connectivity index (χ0n) is 20.4. The van der Waals surface area contributed by atoms with Gasteiger partial charge in [0.2, 0.25) is 0 Å². The molecule has 0 bridgehead atoms. The zero-order valence-corrected chi connectivity index (χ0v) is 22.0.